The van der Waals surface area contributed by atoms with Crippen molar-refractivity contribution in [1.82, 2.24) is 25.6 Å². The largest absolute Gasteiger partial charge is 0.366 e. The van der Waals surface area contributed by atoms with Gasteiger partial charge in [0.1, 0.15) is 0 Å². The van der Waals surface area contributed by atoms with Crippen LogP contribution in [0.1, 0.15) is 0 Å². The number of rotatable bonds is 3. The summed E-state index contributed by atoms with van der Waals surface area (Å²) >= 11 is 12.7. The van der Waals surface area contributed by atoms with E-state index in [1.54, 1.807) is 12.4 Å². The summed E-state index contributed by atoms with van der Waals surface area (Å²) in [6.07, 6.45) is 2.55. The van der Waals surface area contributed by atoms with Crippen molar-refractivity contribution in [3.8, 4) is 0 Å². The van der Waals surface area contributed by atoms with Gasteiger partial charge in [0.05, 0.1) is 46.2 Å². The normalized spacial score (nSPS) is 31.6. The number of nitrogens with zero attached hydrogens (tertiary/aromatic N) is 4. The molecule has 5 N–H and O–H groups in total. The van der Waals surface area contributed by atoms with Gasteiger partial charge in [0, 0.05) is 45.5 Å². The molecule has 1 amide bonds. The van der Waals surface area contributed by atoms with Crippen molar-refractivity contribution in [1.29, 1.82) is 0 Å². The molecular weight excluding hydrogens is 403 g/mol. The predicted octanol–water partition coefficient (Wildman–Crippen LogP) is -0.317. The first-order chi connectivity index (χ1) is 13.4. The smallest absolute Gasteiger partial charge is 0.233 e. The summed E-state index contributed by atoms with van der Waals surface area (Å²) < 4.78 is 0. The number of piperazine rings is 1. The highest BCUT2D eigenvalue weighted by Crippen LogP contribution is 2.34. The lowest BCUT2D eigenvalue weighted by molar-refractivity contribution is -0.121. The molecule has 3 saturated heterocycles. The Bertz CT molecular complexity index is 729. The van der Waals surface area contributed by atoms with E-state index in [1.807, 2.05) is 5.01 Å². The van der Waals surface area contributed by atoms with E-state index in [-0.39, 0.29) is 17.5 Å². The van der Waals surface area contributed by atoms with E-state index >= 15 is 0 Å². The Labute approximate surface area is 174 Å². The Hall–Kier alpha value is -1.20. The number of nitrogens with two attached hydrogens (primary N) is 1. The van der Waals surface area contributed by atoms with E-state index in [2.05, 4.69) is 37.9 Å². The number of fused-ring (bicyclic) bond motifs is 1. The molecule has 0 aromatic carbocycles. The Kier molecular flexibility index (Phi) is 5.93. The number of hydrazine groups is 1. The molecule has 0 spiro atoms. The van der Waals surface area contributed by atoms with Crippen molar-refractivity contribution in [2.24, 2.45) is 11.7 Å². The van der Waals surface area contributed by atoms with Crippen LogP contribution in [0.25, 0.3) is 0 Å². The minimum Gasteiger partial charge on any atom is -0.366 e. The van der Waals surface area contributed by atoms with Gasteiger partial charge in [0.2, 0.25) is 5.91 Å². The minimum atomic E-state index is -0.501. The molecule has 1 aromatic heterocycles. The quantitative estimate of drug-likeness (QED) is 0.486. The second-order valence-electron chi connectivity index (χ2n) is 7.58. The lowest BCUT2D eigenvalue weighted by atomic mass is 10.0. The minimum absolute atomic E-state index is 0.0290. The van der Waals surface area contributed by atoms with Crippen LogP contribution in [-0.4, -0.2) is 84.8 Å². The molecule has 3 aliphatic rings. The van der Waals surface area contributed by atoms with Crippen LogP contribution in [0.15, 0.2) is 12.4 Å². The van der Waals surface area contributed by atoms with Crippen molar-refractivity contribution in [3.05, 3.63) is 17.4 Å². The zero-order valence-electron chi connectivity index (χ0n) is 15.7. The van der Waals surface area contributed by atoms with Gasteiger partial charge in [0.15, 0.2) is 0 Å². The fourth-order valence-corrected chi connectivity index (χ4v) is 4.58. The molecule has 9 nitrogen and oxygen atoms in total. The van der Waals surface area contributed by atoms with Crippen molar-refractivity contribution in [3.63, 3.8) is 0 Å². The molecule has 4 heterocycles. The Morgan fingerprint density at radius 2 is 2.07 bits per heavy atom. The topological polar surface area (TPSA) is 102 Å². The summed E-state index contributed by atoms with van der Waals surface area (Å²) in [5.74, 6) is -0.643. The molecule has 3 aliphatic heterocycles. The van der Waals surface area contributed by atoms with Crippen LogP contribution >= 0.6 is 23.2 Å². The summed E-state index contributed by atoms with van der Waals surface area (Å²) in [4.78, 5) is 21.8. The first-order valence-electron chi connectivity index (χ1n) is 9.47. The third kappa shape index (κ3) is 3.93. The highest BCUT2D eigenvalue weighted by atomic mass is 35.5. The molecule has 4 atom stereocenters. The molecule has 0 aliphatic carbocycles. The SMILES string of the molecule is CN1CCN(c2c(Cl)cncc2NC(=O)C2C(N)NN3CC(Cl)CNC23)CC1. The fourth-order valence-electron chi connectivity index (χ4n) is 4.07. The second kappa shape index (κ2) is 8.27. The number of carbonyl (C=O) groups excluding carboxylic acids is 1. The molecule has 11 heteroatoms. The van der Waals surface area contributed by atoms with Gasteiger partial charge >= 0.3 is 0 Å². The van der Waals surface area contributed by atoms with Crippen LogP contribution < -0.4 is 26.7 Å². The molecule has 28 heavy (non-hydrogen) atoms. The summed E-state index contributed by atoms with van der Waals surface area (Å²) in [6, 6.07) is 0. The van der Waals surface area contributed by atoms with Gasteiger partial charge in [0.25, 0.3) is 0 Å². The van der Waals surface area contributed by atoms with Crippen molar-refractivity contribution in [2.75, 3.05) is 56.5 Å². The second-order valence-corrected chi connectivity index (χ2v) is 8.60. The van der Waals surface area contributed by atoms with Gasteiger partial charge in [-0.05, 0) is 7.05 Å². The van der Waals surface area contributed by atoms with Crippen LogP contribution in [0.3, 0.4) is 0 Å². The van der Waals surface area contributed by atoms with Crippen molar-refractivity contribution < 1.29 is 4.79 Å². The van der Waals surface area contributed by atoms with Gasteiger partial charge in [-0.15, -0.1) is 11.6 Å². The maximum atomic E-state index is 13.1. The van der Waals surface area contributed by atoms with E-state index in [1.165, 1.54) is 0 Å². The zero-order valence-corrected chi connectivity index (χ0v) is 17.2. The Balaban J connectivity index is 1.53. The van der Waals surface area contributed by atoms with E-state index in [4.69, 9.17) is 28.9 Å². The molecule has 1 aromatic rings. The van der Waals surface area contributed by atoms with Gasteiger partial charge < -0.3 is 20.9 Å². The lowest BCUT2D eigenvalue weighted by Gasteiger charge is -2.36. The maximum Gasteiger partial charge on any atom is 0.233 e. The number of alkyl halides is 1. The van der Waals surface area contributed by atoms with Crippen LogP contribution in [0.4, 0.5) is 11.4 Å². The number of nitrogens with one attached hydrogen (secondary N) is 3. The summed E-state index contributed by atoms with van der Waals surface area (Å²) in [5.41, 5.74) is 10.8. The number of carbonyl (C=O) groups is 1. The average molecular weight is 429 g/mol. The number of halogens is 2. The van der Waals surface area contributed by atoms with Gasteiger partial charge in [-0.25, -0.2) is 10.4 Å². The van der Waals surface area contributed by atoms with E-state index < -0.39 is 12.1 Å². The van der Waals surface area contributed by atoms with Crippen LogP contribution in [0, 0.1) is 5.92 Å². The van der Waals surface area contributed by atoms with Gasteiger partial charge in [-0.2, -0.15) is 0 Å². The van der Waals surface area contributed by atoms with Crippen LogP contribution in [-0.2, 0) is 4.79 Å². The zero-order chi connectivity index (χ0) is 19.8. The lowest BCUT2D eigenvalue weighted by Crippen LogP contribution is -2.58. The third-order valence-electron chi connectivity index (χ3n) is 5.57. The summed E-state index contributed by atoms with van der Waals surface area (Å²) in [6.45, 7) is 4.80. The first kappa shape index (κ1) is 20.1. The first-order valence-corrected chi connectivity index (χ1v) is 10.3. The fraction of sp³-hybridized carbons (Fsp3) is 0.647. The van der Waals surface area contributed by atoms with Crippen LogP contribution in [0.5, 0.6) is 0 Å². The number of anilines is 2. The molecule has 154 valence electrons. The molecular formula is C17H26Cl2N8O. The number of likely N-dealkylation sites (N-methyl/N-ethyl adjacent to an activating group) is 1. The van der Waals surface area contributed by atoms with E-state index in [9.17, 15) is 4.79 Å². The van der Waals surface area contributed by atoms with Gasteiger partial charge in [-0.1, -0.05) is 11.6 Å². The Morgan fingerprint density at radius 1 is 1.32 bits per heavy atom. The number of hydrogen-bond donors (Lipinski definition) is 4. The monoisotopic (exact) mass is 428 g/mol. The standard InChI is InChI=1S/C17H26Cl2N8O/c1-25-2-4-26(5-3-25)14-11(19)7-21-8-12(14)23-17(28)13-15(20)24-27-9-10(18)6-22-16(13)27/h7-8,10,13,15-16,22,24H,2-6,9,20H2,1H3,(H,23,28). The molecule has 0 bridgehead atoms. The van der Waals surface area contributed by atoms with E-state index in [0.29, 0.717) is 23.8 Å². The highest BCUT2D eigenvalue weighted by molar-refractivity contribution is 6.34. The van der Waals surface area contributed by atoms with E-state index in [0.717, 1.165) is 31.9 Å². The third-order valence-corrected chi connectivity index (χ3v) is 6.14. The van der Waals surface area contributed by atoms with Crippen LogP contribution in [0.2, 0.25) is 5.02 Å². The molecule has 0 saturated carbocycles. The Morgan fingerprint density at radius 3 is 2.82 bits per heavy atom. The number of pyridine rings is 1. The van der Waals surface area contributed by atoms with Crippen molar-refractivity contribution >= 4 is 40.5 Å². The molecule has 4 rings (SSSR count). The molecule has 0 radical (unpaired) electrons. The number of aromatic nitrogens is 1. The highest BCUT2D eigenvalue weighted by Gasteiger charge is 2.46. The average Bonchev–Trinajstić information content (AvgIpc) is 2.98. The molecule has 3 fully saturated rings. The number of amides is 1. The predicted molar refractivity (Wildman–Crippen MR) is 110 cm³/mol. The summed E-state index contributed by atoms with van der Waals surface area (Å²) in [7, 11) is 2.09. The molecule has 4 unspecified atom stereocenters. The van der Waals surface area contributed by atoms with Gasteiger partial charge in [-0.3, -0.25) is 15.1 Å². The number of hydrogen-bond acceptors (Lipinski definition) is 8. The summed E-state index contributed by atoms with van der Waals surface area (Å²) in [5, 5.41) is 8.73. The van der Waals surface area contributed by atoms with Crippen molar-refractivity contribution in [2.45, 2.75) is 17.7 Å². The maximum absolute atomic E-state index is 13.1.